The zero-order chi connectivity index (χ0) is 26.8. The Morgan fingerprint density at radius 2 is 1.77 bits per heavy atom. The molecule has 8 heteroatoms. The van der Waals surface area contributed by atoms with E-state index >= 15 is 0 Å². The first-order valence-electron chi connectivity index (χ1n) is 13.1. The summed E-state index contributed by atoms with van der Waals surface area (Å²) in [7, 11) is 0. The third-order valence-corrected chi connectivity index (χ3v) is 8.28. The molecule has 0 atom stereocenters. The molecule has 2 amide bonds. The maximum absolute atomic E-state index is 13.1. The number of phenolic OH excluding ortho intramolecular Hbond substituents is 1. The van der Waals surface area contributed by atoms with Gasteiger partial charge in [0, 0.05) is 34.5 Å². The van der Waals surface area contributed by atoms with E-state index in [1.54, 1.807) is 12.1 Å². The van der Waals surface area contributed by atoms with E-state index in [1.165, 1.54) is 22.1 Å². The van der Waals surface area contributed by atoms with Crippen molar-refractivity contribution in [3.8, 4) is 17.0 Å². The number of carbonyl (C=O) groups is 2. The number of fused-ring (bicyclic) bond motifs is 1. The lowest BCUT2D eigenvalue weighted by Crippen LogP contribution is -2.33. The van der Waals surface area contributed by atoms with Gasteiger partial charge >= 0.3 is 6.03 Å². The number of phenols is 1. The number of nitrogens with one attached hydrogen (secondary N) is 2. The molecule has 3 aromatic carbocycles. The fourth-order valence-electron chi connectivity index (χ4n) is 4.83. The molecular formula is C31H28N4O3S. The second-order valence-corrected chi connectivity index (χ2v) is 10.9. The summed E-state index contributed by atoms with van der Waals surface area (Å²) in [6.45, 7) is 0.502. The van der Waals surface area contributed by atoms with Crippen LogP contribution in [-0.2, 0) is 6.42 Å². The molecular weight excluding hydrogens is 508 g/mol. The van der Waals surface area contributed by atoms with Crippen molar-refractivity contribution in [2.45, 2.75) is 31.6 Å². The van der Waals surface area contributed by atoms with Gasteiger partial charge in [-0.25, -0.2) is 4.79 Å². The summed E-state index contributed by atoms with van der Waals surface area (Å²) in [5, 5.41) is 22.3. The topological polar surface area (TPSA) is 96.3 Å². The number of hydrogen-bond donors (Lipinski definition) is 3. The summed E-state index contributed by atoms with van der Waals surface area (Å²) in [6.07, 6.45) is 3.88. The highest BCUT2D eigenvalue weighted by Gasteiger charge is 2.27. The Morgan fingerprint density at radius 3 is 2.51 bits per heavy atom. The van der Waals surface area contributed by atoms with E-state index in [4.69, 9.17) is 0 Å². The molecule has 0 bridgehead atoms. The largest absolute Gasteiger partial charge is 0.507 e. The number of thiophene rings is 1. The first kappa shape index (κ1) is 24.9. The predicted octanol–water partition coefficient (Wildman–Crippen LogP) is 6.79. The zero-order valence-corrected chi connectivity index (χ0v) is 22.1. The minimum absolute atomic E-state index is 0.0153. The van der Waals surface area contributed by atoms with Crippen molar-refractivity contribution < 1.29 is 14.7 Å². The predicted molar refractivity (Wildman–Crippen MR) is 155 cm³/mol. The van der Waals surface area contributed by atoms with Gasteiger partial charge < -0.3 is 15.7 Å². The minimum atomic E-state index is -0.272. The van der Waals surface area contributed by atoms with Gasteiger partial charge in [-0.05, 0) is 60.5 Å². The molecule has 7 nitrogen and oxygen atoms in total. The van der Waals surface area contributed by atoms with Crippen LogP contribution < -0.4 is 10.6 Å². The highest BCUT2D eigenvalue weighted by atomic mass is 32.1. The molecule has 6 rings (SSSR count). The SMILES string of the molecule is O=C(Nc1ccc(-c2cc(C3CCC3)n(C(=O)NCCc3ccccc3)n2)c(O)c1)c1cc2ccccc2s1. The quantitative estimate of drug-likeness (QED) is 0.213. The Hall–Kier alpha value is -4.43. The fraction of sp³-hybridized carbons (Fsp3) is 0.194. The molecule has 2 heterocycles. The molecule has 1 aliphatic rings. The van der Waals surface area contributed by atoms with Gasteiger partial charge in [0.2, 0.25) is 0 Å². The molecule has 0 unspecified atom stereocenters. The van der Waals surface area contributed by atoms with E-state index in [9.17, 15) is 14.7 Å². The summed E-state index contributed by atoms with van der Waals surface area (Å²) in [5.41, 5.74) is 3.52. The maximum Gasteiger partial charge on any atom is 0.342 e. The van der Waals surface area contributed by atoms with E-state index in [-0.39, 0.29) is 23.6 Å². The van der Waals surface area contributed by atoms with Gasteiger partial charge in [-0.3, -0.25) is 4.79 Å². The van der Waals surface area contributed by atoms with Crippen LogP contribution in [0.4, 0.5) is 10.5 Å². The molecule has 0 aliphatic heterocycles. The number of carbonyl (C=O) groups excluding carboxylic acids is 2. The van der Waals surface area contributed by atoms with Crippen molar-refractivity contribution in [1.82, 2.24) is 15.1 Å². The lowest BCUT2D eigenvalue weighted by atomic mass is 9.82. The van der Waals surface area contributed by atoms with Gasteiger partial charge in [0.05, 0.1) is 16.3 Å². The van der Waals surface area contributed by atoms with E-state index in [1.807, 2.05) is 66.7 Å². The molecule has 1 fully saturated rings. The molecule has 1 aliphatic carbocycles. The summed E-state index contributed by atoms with van der Waals surface area (Å²) >= 11 is 1.43. The van der Waals surface area contributed by atoms with Crippen LogP contribution in [0.25, 0.3) is 21.3 Å². The van der Waals surface area contributed by atoms with Gasteiger partial charge in [-0.15, -0.1) is 11.3 Å². The van der Waals surface area contributed by atoms with Gasteiger partial charge in [0.1, 0.15) is 5.75 Å². The zero-order valence-electron chi connectivity index (χ0n) is 21.3. The van der Waals surface area contributed by atoms with Gasteiger partial charge in [0.25, 0.3) is 5.91 Å². The lowest BCUT2D eigenvalue weighted by Gasteiger charge is -2.25. The van der Waals surface area contributed by atoms with E-state index in [0.717, 1.165) is 47.0 Å². The summed E-state index contributed by atoms with van der Waals surface area (Å²) in [6, 6.07) is 26.3. The van der Waals surface area contributed by atoms with Crippen molar-refractivity contribution in [2.24, 2.45) is 0 Å². The summed E-state index contributed by atoms with van der Waals surface area (Å²) in [4.78, 5) is 26.5. The third kappa shape index (κ3) is 5.28. The molecule has 2 aromatic heterocycles. The Kier molecular flexibility index (Phi) is 6.85. The molecule has 196 valence electrons. The Bertz CT molecular complexity index is 1620. The third-order valence-electron chi connectivity index (χ3n) is 7.17. The van der Waals surface area contributed by atoms with Crippen LogP contribution in [0.5, 0.6) is 5.75 Å². The number of aromatic nitrogens is 2. The Morgan fingerprint density at radius 1 is 0.974 bits per heavy atom. The lowest BCUT2D eigenvalue weighted by molar-refractivity contribution is 0.103. The first-order valence-corrected chi connectivity index (χ1v) is 13.9. The van der Waals surface area contributed by atoms with Gasteiger partial charge in [-0.2, -0.15) is 9.78 Å². The number of anilines is 1. The number of rotatable bonds is 7. The van der Waals surface area contributed by atoms with Crippen molar-refractivity contribution in [2.75, 3.05) is 11.9 Å². The highest BCUT2D eigenvalue weighted by Crippen LogP contribution is 2.39. The van der Waals surface area contributed by atoms with Gasteiger partial charge in [0.15, 0.2) is 0 Å². The number of aromatic hydroxyl groups is 1. The molecule has 1 saturated carbocycles. The van der Waals surface area contributed by atoms with Gasteiger partial charge in [-0.1, -0.05) is 55.0 Å². The van der Waals surface area contributed by atoms with Crippen LogP contribution in [-0.4, -0.2) is 33.4 Å². The second kappa shape index (κ2) is 10.7. The van der Waals surface area contributed by atoms with E-state index in [2.05, 4.69) is 15.7 Å². The normalized spacial score (nSPS) is 13.2. The van der Waals surface area contributed by atoms with Crippen LogP contribution in [0.2, 0.25) is 0 Å². The van der Waals surface area contributed by atoms with Crippen molar-refractivity contribution >= 4 is 39.0 Å². The monoisotopic (exact) mass is 536 g/mol. The minimum Gasteiger partial charge on any atom is -0.507 e. The smallest absolute Gasteiger partial charge is 0.342 e. The number of amides is 2. The fourth-order valence-corrected chi connectivity index (χ4v) is 5.79. The van der Waals surface area contributed by atoms with Crippen LogP contribution in [0.15, 0.2) is 84.9 Å². The number of nitrogens with zero attached hydrogens (tertiary/aromatic N) is 2. The van der Waals surface area contributed by atoms with Crippen molar-refractivity contribution in [1.29, 1.82) is 0 Å². The first-order chi connectivity index (χ1) is 19.0. The Labute approximate surface area is 230 Å². The number of benzene rings is 3. The van der Waals surface area contributed by atoms with E-state index < -0.39 is 0 Å². The van der Waals surface area contributed by atoms with E-state index in [0.29, 0.717) is 28.4 Å². The highest BCUT2D eigenvalue weighted by molar-refractivity contribution is 7.20. The van der Waals surface area contributed by atoms with Crippen LogP contribution >= 0.6 is 11.3 Å². The average Bonchev–Trinajstić information content (AvgIpc) is 3.53. The molecule has 39 heavy (non-hydrogen) atoms. The number of hydrogen-bond acceptors (Lipinski definition) is 5. The molecule has 0 spiro atoms. The molecule has 0 saturated heterocycles. The molecule has 3 N–H and O–H groups in total. The van der Waals surface area contributed by atoms with Crippen LogP contribution in [0, 0.1) is 0 Å². The molecule has 5 aromatic rings. The van der Waals surface area contributed by atoms with Crippen molar-refractivity contribution in [3.05, 3.63) is 101 Å². The standard InChI is InChI=1S/C31H28N4O3S/c36-27-18-23(33-30(37)29-17-22-9-4-5-12-28(22)39-29)13-14-24(27)25-19-26(21-10-6-11-21)35(34-25)31(38)32-16-15-20-7-2-1-3-8-20/h1-5,7-9,12-14,17-19,21,36H,6,10-11,15-16H2,(H,32,38)(H,33,37). The summed E-state index contributed by atoms with van der Waals surface area (Å²) < 4.78 is 2.49. The average molecular weight is 537 g/mol. The van der Waals surface area contributed by atoms with Crippen LogP contribution in [0.1, 0.15) is 46.1 Å². The molecule has 0 radical (unpaired) electrons. The van der Waals surface area contributed by atoms with Crippen LogP contribution in [0.3, 0.4) is 0 Å². The Balaban J connectivity index is 1.19. The maximum atomic E-state index is 13.1. The second-order valence-electron chi connectivity index (χ2n) is 9.80. The van der Waals surface area contributed by atoms with Crippen molar-refractivity contribution in [3.63, 3.8) is 0 Å². The summed E-state index contributed by atoms with van der Waals surface area (Å²) in [5.74, 6) is 0.0265.